The summed E-state index contributed by atoms with van der Waals surface area (Å²) in [5.41, 5.74) is 1.42. The molecule has 1 aromatic carbocycles. The van der Waals surface area contributed by atoms with Gasteiger partial charge in [-0.15, -0.1) is 10.2 Å². The smallest absolute Gasteiger partial charge is 0.268 e. The van der Waals surface area contributed by atoms with E-state index in [0.717, 1.165) is 11.2 Å². The third-order valence-electron chi connectivity index (χ3n) is 3.50. The molecular formula is C19H15ClFN5O2. The minimum absolute atomic E-state index is 0.0323. The summed E-state index contributed by atoms with van der Waals surface area (Å²) in [7, 11) is 0. The van der Waals surface area contributed by atoms with Crippen molar-refractivity contribution in [2.45, 2.75) is 13.5 Å². The second kappa shape index (κ2) is 9.01. The molecule has 0 saturated carbocycles. The molecule has 7 nitrogen and oxygen atoms in total. The van der Waals surface area contributed by atoms with Gasteiger partial charge in [0.2, 0.25) is 12.3 Å². The molecule has 0 N–H and O–H groups in total. The molecular weight excluding hydrogens is 385 g/mol. The largest absolute Gasteiger partial charge is 0.415 e. The number of carbonyl (C=O) groups is 1. The Bertz CT molecular complexity index is 1030. The molecule has 28 heavy (non-hydrogen) atoms. The zero-order valence-electron chi connectivity index (χ0n) is 14.8. The fourth-order valence-corrected chi connectivity index (χ4v) is 2.52. The van der Waals surface area contributed by atoms with Gasteiger partial charge in [0.1, 0.15) is 11.5 Å². The van der Waals surface area contributed by atoms with Crippen LogP contribution in [0.3, 0.4) is 0 Å². The number of hydrazone groups is 1. The fourth-order valence-electron chi connectivity index (χ4n) is 2.33. The minimum Gasteiger partial charge on any atom is -0.415 e. The lowest BCUT2D eigenvalue weighted by molar-refractivity contribution is -0.118. The Balaban J connectivity index is 1.88. The lowest BCUT2D eigenvalue weighted by Crippen LogP contribution is -2.18. The summed E-state index contributed by atoms with van der Waals surface area (Å²) in [5, 5.41) is 13.9. The summed E-state index contributed by atoms with van der Waals surface area (Å²) in [5.74, 6) is -0.108. The van der Waals surface area contributed by atoms with Gasteiger partial charge in [-0.25, -0.2) is 9.40 Å². The Labute approximate surface area is 165 Å². The van der Waals surface area contributed by atoms with Crippen LogP contribution < -0.4 is 0 Å². The number of hydrogen-bond donors (Lipinski definition) is 0. The zero-order chi connectivity index (χ0) is 19.9. The average molecular weight is 400 g/mol. The van der Waals surface area contributed by atoms with Crippen molar-refractivity contribution in [1.82, 2.24) is 20.2 Å². The van der Waals surface area contributed by atoms with Gasteiger partial charge >= 0.3 is 0 Å². The molecule has 9 heteroatoms. The summed E-state index contributed by atoms with van der Waals surface area (Å²) in [6.45, 7) is 1.82. The molecule has 0 aliphatic heterocycles. The number of halogens is 2. The first-order valence-corrected chi connectivity index (χ1v) is 8.59. The van der Waals surface area contributed by atoms with Gasteiger partial charge < -0.3 is 4.42 Å². The van der Waals surface area contributed by atoms with E-state index in [0.29, 0.717) is 22.6 Å². The normalized spacial score (nSPS) is 11.8. The number of nitrogens with zero attached hydrogens (tertiary/aromatic N) is 5. The highest BCUT2D eigenvalue weighted by Crippen LogP contribution is 2.22. The van der Waals surface area contributed by atoms with Gasteiger partial charge in [0.15, 0.2) is 0 Å². The number of carbonyl (C=O) groups excluding carboxylic acids is 1. The lowest BCUT2D eigenvalue weighted by Gasteiger charge is -2.11. The van der Waals surface area contributed by atoms with E-state index >= 15 is 0 Å². The summed E-state index contributed by atoms with van der Waals surface area (Å²) < 4.78 is 19.0. The highest BCUT2D eigenvalue weighted by molar-refractivity contribution is 6.30. The predicted octanol–water partition coefficient (Wildman–Crippen LogP) is 3.86. The van der Waals surface area contributed by atoms with Crippen molar-refractivity contribution in [3.63, 3.8) is 0 Å². The van der Waals surface area contributed by atoms with Gasteiger partial charge in [-0.3, -0.25) is 9.78 Å². The number of allylic oxidation sites excluding steroid dienone is 2. The van der Waals surface area contributed by atoms with Crippen LogP contribution in [-0.4, -0.2) is 32.3 Å². The maximum atomic E-state index is 13.3. The molecule has 3 rings (SSSR count). The van der Waals surface area contributed by atoms with Gasteiger partial charge in [0.25, 0.3) is 5.89 Å². The van der Waals surface area contributed by atoms with Gasteiger partial charge in [-0.2, -0.15) is 5.10 Å². The first kappa shape index (κ1) is 19.4. The number of aromatic nitrogens is 3. The van der Waals surface area contributed by atoms with Crippen molar-refractivity contribution < 1.29 is 13.6 Å². The van der Waals surface area contributed by atoms with Crippen LogP contribution in [-0.2, 0) is 11.3 Å². The molecule has 142 valence electrons. The summed E-state index contributed by atoms with van der Waals surface area (Å²) in [4.78, 5) is 15.2. The molecule has 0 aliphatic carbocycles. The van der Waals surface area contributed by atoms with Crippen molar-refractivity contribution in [3.8, 4) is 11.5 Å². The maximum absolute atomic E-state index is 13.3. The molecule has 2 heterocycles. The van der Waals surface area contributed by atoms with Gasteiger partial charge in [-0.05, 0) is 42.8 Å². The Morgan fingerprint density at radius 3 is 2.89 bits per heavy atom. The third kappa shape index (κ3) is 4.86. The van der Waals surface area contributed by atoms with Gasteiger partial charge in [0.05, 0.1) is 12.7 Å². The van der Waals surface area contributed by atoms with E-state index in [4.69, 9.17) is 16.0 Å². The Morgan fingerprint density at radius 2 is 2.18 bits per heavy atom. The Hall–Kier alpha value is -3.39. The summed E-state index contributed by atoms with van der Waals surface area (Å²) in [6.07, 6.45) is 6.39. The second-order valence-corrected chi connectivity index (χ2v) is 6.06. The number of benzene rings is 1. The Kier molecular flexibility index (Phi) is 6.23. The van der Waals surface area contributed by atoms with E-state index in [-0.39, 0.29) is 24.0 Å². The van der Waals surface area contributed by atoms with Gasteiger partial charge in [0, 0.05) is 16.8 Å². The van der Waals surface area contributed by atoms with Crippen LogP contribution in [0.5, 0.6) is 0 Å². The first-order valence-electron chi connectivity index (χ1n) is 8.21. The van der Waals surface area contributed by atoms with Crippen molar-refractivity contribution >= 4 is 23.7 Å². The van der Waals surface area contributed by atoms with Crippen molar-refractivity contribution in [2.75, 3.05) is 0 Å². The van der Waals surface area contributed by atoms with Crippen molar-refractivity contribution in [1.29, 1.82) is 0 Å². The maximum Gasteiger partial charge on any atom is 0.268 e. The SMILES string of the molecule is C/C=C\C(=N/N(C=O)Cc1cncc(F)c1)c1nnc(-c2cccc(Cl)c2)o1. The highest BCUT2D eigenvalue weighted by Gasteiger charge is 2.14. The molecule has 0 bridgehead atoms. The van der Waals surface area contributed by atoms with E-state index in [1.165, 1.54) is 12.3 Å². The summed E-state index contributed by atoms with van der Waals surface area (Å²) >= 11 is 5.99. The first-order chi connectivity index (χ1) is 13.6. The quantitative estimate of drug-likeness (QED) is 0.342. The minimum atomic E-state index is -0.496. The van der Waals surface area contributed by atoms with E-state index in [9.17, 15) is 9.18 Å². The monoisotopic (exact) mass is 399 g/mol. The van der Waals surface area contributed by atoms with E-state index < -0.39 is 5.82 Å². The predicted molar refractivity (Wildman–Crippen MR) is 102 cm³/mol. The van der Waals surface area contributed by atoms with Crippen LogP contribution in [0.1, 0.15) is 18.4 Å². The highest BCUT2D eigenvalue weighted by atomic mass is 35.5. The van der Waals surface area contributed by atoms with E-state index in [1.807, 2.05) is 0 Å². The second-order valence-electron chi connectivity index (χ2n) is 5.62. The van der Waals surface area contributed by atoms with Crippen LogP contribution in [0.2, 0.25) is 5.02 Å². The molecule has 0 unspecified atom stereocenters. The molecule has 0 saturated heterocycles. The molecule has 0 fully saturated rings. The van der Waals surface area contributed by atoms with Crippen molar-refractivity contribution in [3.05, 3.63) is 77.2 Å². The molecule has 0 aliphatic rings. The molecule has 0 spiro atoms. The van der Waals surface area contributed by atoms with Crippen LogP contribution in [0.4, 0.5) is 4.39 Å². The van der Waals surface area contributed by atoms with Crippen LogP contribution in [0, 0.1) is 5.82 Å². The fraction of sp³-hybridized carbons (Fsp3) is 0.105. The number of pyridine rings is 1. The van der Waals surface area contributed by atoms with Gasteiger partial charge in [-0.1, -0.05) is 23.7 Å². The van der Waals surface area contributed by atoms with E-state index in [2.05, 4.69) is 20.3 Å². The third-order valence-corrected chi connectivity index (χ3v) is 3.74. The molecule has 0 atom stereocenters. The standard InChI is InChI=1S/C19H15ClFN5O2/c1-2-4-17(25-26(12-27)11-13-7-16(21)10-22-9-13)19-24-23-18(28-19)14-5-3-6-15(20)8-14/h2-10,12H,11H2,1H3/b4-2-,25-17+. The number of amides is 1. The molecule has 1 amide bonds. The van der Waals surface area contributed by atoms with Crippen LogP contribution >= 0.6 is 11.6 Å². The molecule has 3 aromatic rings. The Morgan fingerprint density at radius 1 is 1.32 bits per heavy atom. The topological polar surface area (TPSA) is 84.5 Å². The van der Waals surface area contributed by atoms with Crippen LogP contribution in [0.25, 0.3) is 11.5 Å². The summed E-state index contributed by atoms with van der Waals surface area (Å²) in [6, 6.07) is 8.25. The molecule has 2 aromatic heterocycles. The van der Waals surface area contributed by atoms with Crippen molar-refractivity contribution in [2.24, 2.45) is 5.10 Å². The number of rotatable bonds is 7. The number of hydrogen-bond acceptors (Lipinski definition) is 6. The zero-order valence-corrected chi connectivity index (χ0v) is 15.5. The molecule has 0 radical (unpaired) electrons. The lowest BCUT2D eigenvalue weighted by atomic mass is 10.2. The average Bonchev–Trinajstić information content (AvgIpc) is 3.17. The van der Waals surface area contributed by atoms with E-state index in [1.54, 1.807) is 43.3 Å². The van der Waals surface area contributed by atoms with Crippen LogP contribution in [0.15, 0.2) is 64.4 Å².